The molecule has 0 aliphatic rings. The highest BCUT2D eigenvalue weighted by atomic mass is 35.5. The van der Waals surface area contributed by atoms with Crippen molar-refractivity contribution >= 4 is 40.1 Å². The van der Waals surface area contributed by atoms with Crippen molar-refractivity contribution < 1.29 is 4.79 Å². The van der Waals surface area contributed by atoms with Crippen molar-refractivity contribution in [1.82, 2.24) is 15.3 Å². The molecule has 0 spiro atoms. The first-order valence-corrected chi connectivity index (χ1v) is 6.28. The van der Waals surface area contributed by atoms with E-state index in [4.69, 9.17) is 28.5 Å². The smallest absolute Gasteiger partial charge is 0.234 e. The van der Waals surface area contributed by atoms with Gasteiger partial charge in [0.2, 0.25) is 5.91 Å². The first-order chi connectivity index (χ1) is 9.01. The van der Waals surface area contributed by atoms with Gasteiger partial charge >= 0.3 is 0 Å². The number of amides is 1. The summed E-state index contributed by atoms with van der Waals surface area (Å²) in [7, 11) is 0. The van der Waals surface area contributed by atoms with Crippen LogP contribution in [0.2, 0.25) is 10.0 Å². The fourth-order valence-electron chi connectivity index (χ4n) is 1.66. The first kappa shape index (κ1) is 13.7. The Hall–Kier alpha value is -1.77. The van der Waals surface area contributed by atoms with Gasteiger partial charge in [-0.1, -0.05) is 23.2 Å². The Morgan fingerprint density at radius 3 is 2.89 bits per heavy atom. The molecular formula is C12H10Cl2N4O. The Morgan fingerprint density at radius 1 is 1.53 bits per heavy atom. The third-order valence-corrected chi connectivity index (χ3v) is 3.29. The Morgan fingerprint density at radius 2 is 2.21 bits per heavy atom. The zero-order valence-electron chi connectivity index (χ0n) is 10.00. The molecule has 1 amide bonds. The van der Waals surface area contributed by atoms with E-state index < -0.39 is 0 Å². The molecule has 1 heterocycles. The minimum absolute atomic E-state index is 0.178. The van der Waals surface area contributed by atoms with Gasteiger partial charge in [0, 0.05) is 0 Å². The fourth-order valence-corrected chi connectivity index (χ4v) is 1.98. The lowest BCUT2D eigenvalue weighted by atomic mass is 10.3. The molecule has 7 heteroatoms. The molecule has 98 valence electrons. The van der Waals surface area contributed by atoms with E-state index in [9.17, 15) is 4.79 Å². The molecule has 2 aromatic rings. The number of nitrogens with one attached hydrogen (secondary N) is 2. The molecule has 0 aliphatic carbocycles. The maximum Gasteiger partial charge on any atom is 0.234 e. The van der Waals surface area contributed by atoms with Gasteiger partial charge in [0.1, 0.15) is 12.2 Å². The van der Waals surface area contributed by atoms with E-state index in [1.807, 2.05) is 0 Å². The Bertz CT molecular complexity index is 635. The van der Waals surface area contributed by atoms with E-state index in [0.717, 1.165) is 5.52 Å². The third-order valence-electron chi connectivity index (χ3n) is 2.57. The van der Waals surface area contributed by atoms with E-state index >= 15 is 0 Å². The van der Waals surface area contributed by atoms with Crippen LogP contribution in [-0.4, -0.2) is 15.9 Å². The Kier molecular flexibility index (Phi) is 3.93. The minimum Gasteiger partial charge on any atom is -0.346 e. The summed E-state index contributed by atoms with van der Waals surface area (Å²) in [6.45, 7) is 1.77. The maximum atomic E-state index is 11.3. The van der Waals surface area contributed by atoms with Crippen LogP contribution in [-0.2, 0) is 4.79 Å². The number of imidazole rings is 1. The molecule has 2 N–H and O–H groups in total. The van der Waals surface area contributed by atoms with Crippen molar-refractivity contribution in [2.45, 2.75) is 19.4 Å². The number of carbonyl (C=O) groups excluding carboxylic acids is 1. The third kappa shape index (κ3) is 2.98. The largest absolute Gasteiger partial charge is 0.346 e. The van der Waals surface area contributed by atoms with Crippen molar-refractivity contribution in [2.75, 3.05) is 0 Å². The predicted molar refractivity (Wildman–Crippen MR) is 72.9 cm³/mol. The summed E-state index contributed by atoms with van der Waals surface area (Å²) < 4.78 is 0. The lowest BCUT2D eigenvalue weighted by molar-refractivity contribution is -0.120. The molecule has 0 bridgehead atoms. The topological polar surface area (TPSA) is 81.6 Å². The first-order valence-electron chi connectivity index (χ1n) is 5.52. The van der Waals surface area contributed by atoms with Crippen LogP contribution in [0, 0.1) is 11.3 Å². The second-order valence-corrected chi connectivity index (χ2v) is 4.84. The monoisotopic (exact) mass is 296 g/mol. The van der Waals surface area contributed by atoms with Crippen molar-refractivity contribution in [3.05, 3.63) is 28.0 Å². The average Bonchev–Trinajstić information content (AvgIpc) is 2.73. The van der Waals surface area contributed by atoms with Crippen molar-refractivity contribution in [2.24, 2.45) is 0 Å². The number of fused-ring (bicyclic) bond motifs is 1. The van der Waals surface area contributed by atoms with Crippen LogP contribution in [0.25, 0.3) is 11.0 Å². The highest BCUT2D eigenvalue weighted by molar-refractivity contribution is 6.42. The molecule has 5 nitrogen and oxygen atoms in total. The molecule has 0 fully saturated rings. The van der Waals surface area contributed by atoms with Gasteiger partial charge in [0.15, 0.2) is 0 Å². The summed E-state index contributed by atoms with van der Waals surface area (Å²) in [5.74, 6) is 0.242. The number of aromatic amines is 1. The highest BCUT2D eigenvalue weighted by Gasteiger charge is 2.14. The van der Waals surface area contributed by atoms with Gasteiger partial charge in [-0.25, -0.2) is 4.98 Å². The van der Waals surface area contributed by atoms with Gasteiger partial charge in [0.25, 0.3) is 0 Å². The number of halogens is 2. The number of carbonyl (C=O) groups is 1. The van der Waals surface area contributed by atoms with E-state index in [-0.39, 0.29) is 18.4 Å². The molecule has 0 aliphatic heterocycles. The van der Waals surface area contributed by atoms with Crippen LogP contribution in [0.3, 0.4) is 0 Å². The van der Waals surface area contributed by atoms with Crippen molar-refractivity contribution in [1.29, 1.82) is 5.26 Å². The van der Waals surface area contributed by atoms with Crippen LogP contribution in [0.15, 0.2) is 12.1 Å². The number of benzene rings is 1. The van der Waals surface area contributed by atoms with Crippen LogP contribution < -0.4 is 5.32 Å². The van der Waals surface area contributed by atoms with Crippen LogP contribution >= 0.6 is 23.2 Å². The number of hydrogen-bond donors (Lipinski definition) is 2. The van der Waals surface area contributed by atoms with E-state index in [1.54, 1.807) is 25.1 Å². The van der Waals surface area contributed by atoms with E-state index in [1.165, 1.54) is 0 Å². The number of aromatic nitrogens is 2. The minimum atomic E-state index is -0.341. The number of nitriles is 1. The Labute approximate surface area is 119 Å². The quantitative estimate of drug-likeness (QED) is 0.913. The highest BCUT2D eigenvalue weighted by Crippen LogP contribution is 2.27. The van der Waals surface area contributed by atoms with Gasteiger partial charge in [-0.3, -0.25) is 4.79 Å². The number of rotatable bonds is 3. The molecule has 1 atom stereocenters. The van der Waals surface area contributed by atoms with Crippen LogP contribution in [0.1, 0.15) is 25.2 Å². The lowest BCUT2D eigenvalue weighted by Crippen LogP contribution is -2.26. The molecule has 19 heavy (non-hydrogen) atoms. The molecule has 1 unspecified atom stereocenters. The SMILES string of the molecule is CC(NC(=O)CC#N)c1nc2cc(Cl)c(Cl)cc2[nH]1. The number of nitrogens with zero attached hydrogens (tertiary/aromatic N) is 2. The second kappa shape index (κ2) is 5.47. The summed E-state index contributed by atoms with van der Waals surface area (Å²) in [6, 6.07) is 4.80. The normalized spacial score (nSPS) is 12.1. The predicted octanol–water partition coefficient (Wildman–Crippen LogP) is 2.96. The van der Waals surface area contributed by atoms with Crippen molar-refractivity contribution in [3.8, 4) is 6.07 Å². The summed E-state index contributed by atoms with van der Waals surface area (Å²) in [4.78, 5) is 18.7. The zero-order valence-corrected chi connectivity index (χ0v) is 11.5. The molecule has 0 radical (unpaired) electrons. The molecule has 0 saturated heterocycles. The zero-order chi connectivity index (χ0) is 14.0. The summed E-state index contributed by atoms with van der Waals surface area (Å²) in [5.41, 5.74) is 1.41. The number of hydrogen-bond acceptors (Lipinski definition) is 3. The molecule has 1 aromatic carbocycles. The summed E-state index contributed by atoms with van der Waals surface area (Å²) >= 11 is 11.8. The van der Waals surface area contributed by atoms with Gasteiger partial charge in [-0.15, -0.1) is 0 Å². The summed E-state index contributed by atoms with van der Waals surface area (Å²) in [6.07, 6.45) is -0.178. The standard InChI is InChI=1S/C12H10Cl2N4O/c1-6(16-11(19)2-3-15)12-17-9-4-7(13)8(14)5-10(9)18-12/h4-6H,2H2,1H3,(H,16,19)(H,17,18). The van der Waals surface area contributed by atoms with E-state index in [2.05, 4.69) is 15.3 Å². The van der Waals surface area contributed by atoms with Gasteiger partial charge in [0.05, 0.1) is 33.2 Å². The lowest BCUT2D eigenvalue weighted by Gasteiger charge is -2.09. The van der Waals surface area contributed by atoms with Gasteiger partial charge in [-0.2, -0.15) is 5.26 Å². The van der Waals surface area contributed by atoms with Crippen LogP contribution in [0.5, 0.6) is 0 Å². The fraction of sp³-hybridized carbons (Fsp3) is 0.250. The molecule has 2 rings (SSSR count). The van der Waals surface area contributed by atoms with Crippen LogP contribution in [0.4, 0.5) is 0 Å². The average molecular weight is 297 g/mol. The van der Waals surface area contributed by atoms with E-state index in [0.29, 0.717) is 21.4 Å². The molecule has 1 aromatic heterocycles. The molecular weight excluding hydrogens is 287 g/mol. The van der Waals surface area contributed by atoms with Gasteiger partial charge in [-0.05, 0) is 19.1 Å². The number of H-pyrrole nitrogens is 1. The maximum absolute atomic E-state index is 11.3. The summed E-state index contributed by atoms with van der Waals surface area (Å²) in [5, 5.41) is 12.0. The van der Waals surface area contributed by atoms with Crippen molar-refractivity contribution in [3.63, 3.8) is 0 Å². The Balaban J connectivity index is 2.26. The van der Waals surface area contributed by atoms with Gasteiger partial charge < -0.3 is 10.3 Å². The molecule has 0 saturated carbocycles. The second-order valence-electron chi connectivity index (χ2n) is 4.03.